The zero-order chi connectivity index (χ0) is 16.2. The van der Waals surface area contributed by atoms with Crippen LogP contribution in [0.15, 0.2) is 42.5 Å². The fourth-order valence-corrected chi connectivity index (χ4v) is 3.01. The van der Waals surface area contributed by atoms with Crippen molar-refractivity contribution in [2.75, 3.05) is 23.3 Å². The van der Waals surface area contributed by atoms with Gasteiger partial charge in [-0.1, -0.05) is 18.2 Å². The van der Waals surface area contributed by atoms with Crippen LogP contribution in [0.3, 0.4) is 0 Å². The Morgan fingerprint density at radius 2 is 1.96 bits per heavy atom. The molecule has 2 aromatic rings. The number of hydrogen-bond donors (Lipinski definition) is 1. The van der Waals surface area contributed by atoms with Gasteiger partial charge in [0, 0.05) is 31.4 Å². The number of rotatable bonds is 5. The standard InChI is InChI=1S/C18H21N3O2/c1-14-5-4-6-16(11-14)19-13-15-7-8-17(18(12-15)21(22)23)20-9-2-3-10-20/h4-8,11-12,19H,2-3,9-10,13H2,1H3. The molecular weight excluding hydrogens is 290 g/mol. The molecule has 1 aliphatic rings. The summed E-state index contributed by atoms with van der Waals surface area (Å²) in [5.41, 5.74) is 4.07. The van der Waals surface area contributed by atoms with E-state index >= 15 is 0 Å². The van der Waals surface area contributed by atoms with Crippen LogP contribution in [-0.2, 0) is 6.54 Å². The largest absolute Gasteiger partial charge is 0.381 e. The van der Waals surface area contributed by atoms with E-state index in [9.17, 15) is 10.1 Å². The average Bonchev–Trinajstić information content (AvgIpc) is 3.07. The van der Waals surface area contributed by atoms with Gasteiger partial charge in [-0.3, -0.25) is 10.1 Å². The topological polar surface area (TPSA) is 58.4 Å². The Bertz CT molecular complexity index is 709. The first kappa shape index (κ1) is 15.3. The smallest absolute Gasteiger partial charge is 0.292 e. The molecule has 120 valence electrons. The molecule has 0 saturated carbocycles. The van der Waals surface area contributed by atoms with E-state index in [0.29, 0.717) is 6.54 Å². The van der Waals surface area contributed by atoms with Gasteiger partial charge < -0.3 is 10.2 Å². The number of nitro benzene ring substituents is 1. The molecule has 0 bridgehead atoms. The first-order valence-electron chi connectivity index (χ1n) is 7.96. The van der Waals surface area contributed by atoms with Crippen LogP contribution >= 0.6 is 0 Å². The van der Waals surface area contributed by atoms with Crippen molar-refractivity contribution in [3.05, 3.63) is 63.7 Å². The monoisotopic (exact) mass is 311 g/mol. The highest BCUT2D eigenvalue weighted by atomic mass is 16.6. The third-order valence-corrected chi connectivity index (χ3v) is 4.20. The highest BCUT2D eigenvalue weighted by molar-refractivity contribution is 5.65. The first-order valence-corrected chi connectivity index (χ1v) is 7.96. The van der Waals surface area contributed by atoms with Crippen molar-refractivity contribution in [2.45, 2.75) is 26.3 Å². The summed E-state index contributed by atoms with van der Waals surface area (Å²) in [6.07, 6.45) is 2.21. The molecule has 2 aromatic carbocycles. The van der Waals surface area contributed by atoms with Crippen molar-refractivity contribution >= 4 is 17.1 Å². The molecule has 5 heteroatoms. The van der Waals surface area contributed by atoms with E-state index in [1.165, 1.54) is 5.56 Å². The predicted octanol–water partition coefficient (Wildman–Crippen LogP) is 4.12. The Labute approximate surface area is 136 Å². The lowest BCUT2D eigenvalue weighted by Gasteiger charge is -2.18. The van der Waals surface area contributed by atoms with E-state index in [1.54, 1.807) is 6.07 Å². The van der Waals surface area contributed by atoms with Gasteiger partial charge in [-0.25, -0.2) is 0 Å². The normalized spacial score (nSPS) is 14.0. The lowest BCUT2D eigenvalue weighted by molar-refractivity contribution is -0.384. The maximum absolute atomic E-state index is 11.4. The Morgan fingerprint density at radius 1 is 1.17 bits per heavy atom. The number of aryl methyl sites for hydroxylation is 1. The number of hydrogen-bond acceptors (Lipinski definition) is 4. The molecule has 1 saturated heterocycles. The average molecular weight is 311 g/mol. The van der Waals surface area contributed by atoms with Crippen LogP contribution in [0.4, 0.5) is 17.1 Å². The first-order chi connectivity index (χ1) is 11.1. The van der Waals surface area contributed by atoms with E-state index in [-0.39, 0.29) is 10.6 Å². The van der Waals surface area contributed by atoms with Crippen molar-refractivity contribution in [2.24, 2.45) is 0 Å². The van der Waals surface area contributed by atoms with Gasteiger partial charge in [0.15, 0.2) is 0 Å². The van der Waals surface area contributed by atoms with Crippen molar-refractivity contribution in [3.63, 3.8) is 0 Å². The van der Waals surface area contributed by atoms with Gasteiger partial charge >= 0.3 is 0 Å². The predicted molar refractivity (Wildman–Crippen MR) is 93.0 cm³/mol. The lowest BCUT2D eigenvalue weighted by Crippen LogP contribution is -2.19. The Kier molecular flexibility index (Phi) is 4.46. The van der Waals surface area contributed by atoms with Crippen LogP contribution < -0.4 is 10.2 Å². The summed E-state index contributed by atoms with van der Waals surface area (Å²) < 4.78 is 0. The maximum atomic E-state index is 11.4. The van der Waals surface area contributed by atoms with E-state index in [0.717, 1.165) is 42.9 Å². The SMILES string of the molecule is Cc1cccc(NCc2ccc(N3CCCC3)c([N+](=O)[O-])c2)c1. The number of nitrogens with one attached hydrogen (secondary N) is 1. The van der Waals surface area contributed by atoms with Gasteiger partial charge in [0.25, 0.3) is 5.69 Å². The van der Waals surface area contributed by atoms with Crippen LogP contribution in [0.5, 0.6) is 0 Å². The summed E-state index contributed by atoms with van der Waals surface area (Å²) in [5.74, 6) is 0. The van der Waals surface area contributed by atoms with Gasteiger partial charge in [0.1, 0.15) is 5.69 Å². The second kappa shape index (κ2) is 6.69. The van der Waals surface area contributed by atoms with Crippen LogP contribution in [0, 0.1) is 17.0 Å². The molecule has 0 unspecified atom stereocenters. The molecule has 1 N–H and O–H groups in total. The zero-order valence-corrected chi connectivity index (χ0v) is 13.3. The minimum absolute atomic E-state index is 0.204. The fourth-order valence-electron chi connectivity index (χ4n) is 3.01. The van der Waals surface area contributed by atoms with E-state index in [4.69, 9.17) is 0 Å². The molecule has 3 rings (SSSR count). The molecule has 1 aliphatic heterocycles. The third-order valence-electron chi connectivity index (χ3n) is 4.20. The van der Waals surface area contributed by atoms with Crippen LogP contribution in [0.25, 0.3) is 0 Å². The van der Waals surface area contributed by atoms with E-state index in [1.807, 2.05) is 37.3 Å². The summed E-state index contributed by atoms with van der Waals surface area (Å²) in [5, 5.41) is 14.7. The van der Waals surface area contributed by atoms with Crippen molar-refractivity contribution < 1.29 is 4.92 Å². The van der Waals surface area contributed by atoms with Crippen molar-refractivity contribution in [1.82, 2.24) is 0 Å². The summed E-state index contributed by atoms with van der Waals surface area (Å²) in [6.45, 7) is 4.43. The van der Waals surface area contributed by atoms with Crippen molar-refractivity contribution in [1.29, 1.82) is 0 Å². The molecule has 0 amide bonds. The summed E-state index contributed by atoms with van der Waals surface area (Å²) >= 11 is 0. The molecule has 23 heavy (non-hydrogen) atoms. The summed E-state index contributed by atoms with van der Waals surface area (Å²) in [7, 11) is 0. The van der Waals surface area contributed by atoms with Gasteiger partial charge in [-0.2, -0.15) is 0 Å². The van der Waals surface area contributed by atoms with E-state index in [2.05, 4.69) is 16.3 Å². The minimum atomic E-state index is -0.274. The Morgan fingerprint density at radius 3 is 2.65 bits per heavy atom. The summed E-state index contributed by atoms with van der Waals surface area (Å²) in [4.78, 5) is 13.2. The molecule has 0 aliphatic carbocycles. The molecule has 0 aromatic heterocycles. The Hall–Kier alpha value is -2.56. The van der Waals surface area contributed by atoms with E-state index < -0.39 is 0 Å². The number of nitro groups is 1. The Balaban J connectivity index is 1.77. The summed E-state index contributed by atoms with van der Waals surface area (Å²) in [6, 6.07) is 13.7. The molecular formula is C18H21N3O2. The van der Waals surface area contributed by atoms with Crippen LogP contribution in [0.2, 0.25) is 0 Å². The molecule has 0 spiro atoms. The van der Waals surface area contributed by atoms with Gasteiger partial charge in [0.2, 0.25) is 0 Å². The highest BCUT2D eigenvalue weighted by Crippen LogP contribution is 2.31. The number of benzene rings is 2. The van der Waals surface area contributed by atoms with Gasteiger partial charge in [-0.15, -0.1) is 0 Å². The second-order valence-electron chi connectivity index (χ2n) is 6.00. The molecule has 0 atom stereocenters. The molecule has 1 fully saturated rings. The fraction of sp³-hybridized carbons (Fsp3) is 0.333. The minimum Gasteiger partial charge on any atom is -0.381 e. The van der Waals surface area contributed by atoms with Crippen LogP contribution in [-0.4, -0.2) is 18.0 Å². The zero-order valence-electron chi connectivity index (χ0n) is 13.3. The van der Waals surface area contributed by atoms with Gasteiger partial charge in [0.05, 0.1) is 4.92 Å². The van der Waals surface area contributed by atoms with Gasteiger partial charge in [-0.05, 0) is 49.1 Å². The maximum Gasteiger partial charge on any atom is 0.292 e. The quantitative estimate of drug-likeness (QED) is 0.666. The number of anilines is 2. The second-order valence-corrected chi connectivity index (χ2v) is 6.00. The molecule has 0 radical (unpaired) electrons. The third kappa shape index (κ3) is 3.62. The number of nitrogens with zero attached hydrogens (tertiary/aromatic N) is 2. The highest BCUT2D eigenvalue weighted by Gasteiger charge is 2.22. The van der Waals surface area contributed by atoms with Crippen LogP contribution in [0.1, 0.15) is 24.0 Å². The van der Waals surface area contributed by atoms with Crippen molar-refractivity contribution in [3.8, 4) is 0 Å². The molecule has 5 nitrogen and oxygen atoms in total. The lowest BCUT2D eigenvalue weighted by atomic mass is 10.1. The molecule has 1 heterocycles.